The Balaban J connectivity index is 2.37. The van der Waals surface area contributed by atoms with E-state index in [0.29, 0.717) is 19.5 Å². The highest BCUT2D eigenvalue weighted by Gasteiger charge is 2.29. The van der Waals surface area contributed by atoms with Crippen LogP contribution in [0.1, 0.15) is 46.6 Å². The van der Waals surface area contributed by atoms with Crippen LogP contribution < -0.4 is 10.6 Å². The Morgan fingerprint density at radius 3 is 2.29 bits per heavy atom. The highest BCUT2D eigenvalue weighted by molar-refractivity contribution is 9.10. The number of halogens is 1. The van der Waals surface area contributed by atoms with Gasteiger partial charge in [0, 0.05) is 17.6 Å². The molecule has 6 heteroatoms. The number of hydrogen-bond acceptors (Lipinski definition) is 3. The van der Waals surface area contributed by atoms with Gasteiger partial charge in [-0.3, -0.25) is 4.79 Å². The molecule has 2 amide bonds. The van der Waals surface area contributed by atoms with E-state index in [9.17, 15) is 9.59 Å². The van der Waals surface area contributed by atoms with Gasteiger partial charge in [-0.05, 0) is 58.7 Å². The SMILES string of the molecule is CC(C)(C)OC(=O)NCCCNC(=O)C(C)(C)c1cccc(Br)c1. The van der Waals surface area contributed by atoms with Gasteiger partial charge in [-0.1, -0.05) is 28.1 Å². The quantitative estimate of drug-likeness (QED) is 0.716. The van der Waals surface area contributed by atoms with Gasteiger partial charge in [0.25, 0.3) is 0 Å². The molecule has 1 aromatic carbocycles. The summed E-state index contributed by atoms with van der Waals surface area (Å²) in [5.74, 6) is -0.0436. The van der Waals surface area contributed by atoms with Crippen molar-refractivity contribution in [1.82, 2.24) is 10.6 Å². The van der Waals surface area contributed by atoms with E-state index in [1.165, 1.54) is 0 Å². The molecule has 0 spiro atoms. The summed E-state index contributed by atoms with van der Waals surface area (Å²) in [6, 6.07) is 7.73. The average molecular weight is 399 g/mol. The standard InChI is InChI=1S/C18H27BrN2O3/c1-17(2,3)24-16(23)21-11-7-10-20-15(22)18(4,5)13-8-6-9-14(19)12-13/h6,8-9,12H,7,10-11H2,1-5H3,(H,20,22)(H,21,23). The van der Waals surface area contributed by atoms with E-state index >= 15 is 0 Å². The molecule has 24 heavy (non-hydrogen) atoms. The van der Waals surface area contributed by atoms with Gasteiger partial charge < -0.3 is 15.4 Å². The lowest BCUT2D eigenvalue weighted by Crippen LogP contribution is -2.41. The van der Waals surface area contributed by atoms with E-state index in [-0.39, 0.29) is 5.91 Å². The number of ether oxygens (including phenoxy) is 1. The molecule has 2 N–H and O–H groups in total. The van der Waals surface area contributed by atoms with Crippen LogP contribution in [0.25, 0.3) is 0 Å². The molecule has 0 aliphatic rings. The van der Waals surface area contributed by atoms with Crippen LogP contribution in [0.2, 0.25) is 0 Å². The van der Waals surface area contributed by atoms with Crippen molar-refractivity contribution in [3.8, 4) is 0 Å². The Bertz CT molecular complexity index is 580. The molecule has 1 rings (SSSR count). The summed E-state index contributed by atoms with van der Waals surface area (Å²) < 4.78 is 6.09. The maximum atomic E-state index is 12.4. The molecule has 134 valence electrons. The van der Waals surface area contributed by atoms with Crippen LogP contribution >= 0.6 is 15.9 Å². The minimum absolute atomic E-state index is 0.0436. The molecule has 0 heterocycles. The molecule has 5 nitrogen and oxygen atoms in total. The third-order valence-corrected chi connectivity index (χ3v) is 3.91. The molecule has 0 fully saturated rings. The summed E-state index contributed by atoms with van der Waals surface area (Å²) in [7, 11) is 0. The largest absolute Gasteiger partial charge is 0.444 e. The predicted octanol–water partition coefficient (Wildman–Crippen LogP) is 3.76. The second kappa shape index (κ2) is 8.51. The maximum absolute atomic E-state index is 12.4. The number of rotatable bonds is 6. The Morgan fingerprint density at radius 2 is 1.71 bits per heavy atom. The summed E-state index contributed by atoms with van der Waals surface area (Å²) in [4.78, 5) is 23.9. The smallest absolute Gasteiger partial charge is 0.407 e. The number of benzene rings is 1. The normalized spacial score (nSPS) is 11.8. The Labute approximate surface area is 152 Å². The lowest BCUT2D eigenvalue weighted by Gasteiger charge is -2.24. The van der Waals surface area contributed by atoms with Gasteiger partial charge in [0.1, 0.15) is 5.60 Å². The fourth-order valence-electron chi connectivity index (χ4n) is 2.02. The first-order valence-corrected chi connectivity index (χ1v) is 8.83. The number of amides is 2. The topological polar surface area (TPSA) is 67.4 Å². The molecule has 0 aromatic heterocycles. The molecule has 0 aliphatic heterocycles. The minimum atomic E-state index is -0.623. The number of hydrogen-bond donors (Lipinski definition) is 2. The van der Waals surface area contributed by atoms with Gasteiger partial charge in [-0.2, -0.15) is 0 Å². The number of nitrogens with one attached hydrogen (secondary N) is 2. The molecule has 0 saturated carbocycles. The highest BCUT2D eigenvalue weighted by Crippen LogP contribution is 2.25. The fraction of sp³-hybridized carbons (Fsp3) is 0.556. The summed E-state index contributed by atoms with van der Waals surface area (Å²) in [6.07, 6.45) is 0.197. The van der Waals surface area contributed by atoms with E-state index in [4.69, 9.17) is 4.74 Å². The van der Waals surface area contributed by atoms with Crippen LogP contribution in [-0.4, -0.2) is 30.7 Å². The van der Waals surface area contributed by atoms with Crippen LogP contribution in [0.4, 0.5) is 4.79 Å². The van der Waals surface area contributed by atoms with E-state index < -0.39 is 17.1 Å². The maximum Gasteiger partial charge on any atom is 0.407 e. The first-order valence-electron chi connectivity index (χ1n) is 8.03. The van der Waals surface area contributed by atoms with E-state index in [1.54, 1.807) is 0 Å². The molecule has 0 radical (unpaired) electrons. The zero-order chi connectivity index (χ0) is 18.4. The molecular formula is C18H27BrN2O3. The number of carbonyl (C=O) groups is 2. The van der Waals surface area contributed by atoms with Crippen LogP contribution in [-0.2, 0) is 14.9 Å². The van der Waals surface area contributed by atoms with Crippen LogP contribution in [0.15, 0.2) is 28.7 Å². The van der Waals surface area contributed by atoms with Crippen LogP contribution in [0.3, 0.4) is 0 Å². The van der Waals surface area contributed by atoms with Gasteiger partial charge in [-0.25, -0.2) is 4.79 Å². The molecule has 1 aromatic rings. The van der Waals surface area contributed by atoms with Crippen molar-refractivity contribution in [1.29, 1.82) is 0 Å². The molecule has 0 bridgehead atoms. The van der Waals surface area contributed by atoms with Gasteiger partial charge in [0.05, 0.1) is 5.41 Å². The van der Waals surface area contributed by atoms with Gasteiger partial charge >= 0.3 is 6.09 Å². The van der Waals surface area contributed by atoms with Crippen molar-refractivity contribution in [3.05, 3.63) is 34.3 Å². The molecule has 0 saturated heterocycles. The number of carbonyl (C=O) groups excluding carboxylic acids is 2. The Morgan fingerprint density at radius 1 is 1.08 bits per heavy atom. The van der Waals surface area contributed by atoms with Crippen molar-refractivity contribution < 1.29 is 14.3 Å². The zero-order valence-electron chi connectivity index (χ0n) is 15.0. The van der Waals surface area contributed by atoms with Gasteiger partial charge in [-0.15, -0.1) is 0 Å². The molecule has 0 unspecified atom stereocenters. The van der Waals surface area contributed by atoms with E-state index in [0.717, 1.165) is 10.0 Å². The van der Waals surface area contributed by atoms with Gasteiger partial charge in [0.2, 0.25) is 5.91 Å². The molecule has 0 aliphatic carbocycles. The second-order valence-corrected chi connectivity index (χ2v) is 8.09. The first-order chi connectivity index (χ1) is 11.0. The highest BCUT2D eigenvalue weighted by atomic mass is 79.9. The third kappa shape index (κ3) is 6.91. The zero-order valence-corrected chi connectivity index (χ0v) is 16.6. The first kappa shape index (κ1) is 20.5. The molecular weight excluding hydrogens is 372 g/mol. The summed E-state index contributed by atoms with van der Waals surface area (Å²) in [6.45, 7) is 10.2. The minimum Gasteiger partial charge on any atom is -0.444 e. The second-order valence-electron chi connectivity index (χ2n) is 7.17. The summed E-state index contributed by atoms with van der Waals surface area (Å²) >= 11 is 3.43. The summed E-state index contributed by atoms with van der Waals surface area (Å²) in [5.41, 5.74) is -0.185. The van der Waals surface area contributed by atoms with Crippen molar-refractivity contribution in [2.45, 2.75) is 52.1 Å². The van der Waals surface area contributed by atoms with E-state index in [2.05, 4.69) is 26.6 Å². The van der Waals surface area contributed by atoms with Crippen molar-refractivity contribution in [3.63, 3.8) is 0 Å². The van der Waals surface area contributed by atoms with E-state index in [1.807, 2.05) is 58.9 Å². The van der Waals surface area contributed by atoms with Crippen molar-refractivity contribution in [2.24, 2.45) is 0 Å². The molecule has 0 atom stereocenters. The fourth-order valence-corrected chi connectivity index (χ4v) is 2.42. The Kier molecular flexibility index (Phi) is 7.27. The lowest BCUT2D eigenvalue weighted by atomic mass is 9.84. The lowest BCUT2D eigenvalue weighted by molar-refractivity contribution is -0.125. The van der Waals surface area contributed by atoms with Crippen LogP contribution in [0, 0.1) is 0 Å². The predicted molar refractivity (Wildman–Crippen MR) is 99.0 cm³/mol. The average Bonchev–Trinajstić information content (AvgIpc) is 2.44. The monoisotopic (exact) mass is 398 g/mol. The number of alkyl carbamates (subject to hydrolysis) is 1. The summed E-state index contributed by atoms with van der Waals surface area (Å²) in [5, 5.41) is 5.59. The van der Waals surface area contributed by atoms with Crippen molar-refractivity contribution in [2.75, 3.05) is 13.1 Å². The van der Waals surface area contributed by atoms with Gasteiger partial charge in [0.15, 0.2) is 0 Å². The Hall–Kier alpha value is -1.56. The van der Waals surface area contributed by atoms with Crippen molar-refractivity contribution >= 4 is 27.9 Å². The van der Waals surface area contributed by atoms with Crippen LogP contribution in [0.5, 0.6) is 0 Å². The third-order valence-electron chi connectivity index (χ3n) is 3.42.